The van der Waals surface area contributed by atoms with Gasteiger partial charge in [-0.15, -0.1) is 0 Å². The number of rotatable bonds is 2. The van der Waals surface area contributed by atoms with Crippen molar-refractivity contribution in [1.82, 2.24) is 4.57 Å². The fourth-order valence-electron chi connectivity index (χ4n) is 4.42. The topological polar surface area (TPSA) is 8.81 Å². The molecular weight excluding hydrogens is 280 g/mol. The second kappa shape index (κ2) is 5.67. The van der Waals surface area contributed by atoms with Gasteiger partial charge in [0.2, 0.25) is 0 Å². The van der Waals surface area contributed by atoms with Crippen LogP contribution in [0.1, 0.15) is 75.0 Å². The molecule has 1 aliphatic carbocycles. The van der Waals surface area contributed by atoms with Crippen LogP contribution in [0.5, 0.6) is 0 Å². The minimum atomic E-state index is -0.637. The molecule has 2 aromatic rings. The number of allylic oxidation sites excluding steroid dienone is 1. The number of aromatic nitrogens is 2. The van der Waals surface area contributed by atoms with Crippen LogP contribution in [0.4, 0.5) is 0 Å². The Hall–Kier alpha value is -1.83. The molecule has 0 N–H and O–H groups in total. The van der Waals surface area contributed by atoms with E-state index in [4.69, 9.17) is 1.37 Å². The van der Waals surface area contributed by atoms with Gasteiger partial charge in [-0.3, -0.25) is 0 Å². The minimum absolute atomic E-state index is 0.587. The molecule has 1 aromatic carbocycles. The monoisotopic (exact) mass is 308 g/mol. The zero-order valence-electron chi connectivity index (χ0n) is 15.5. The van der Waals surface area contributed by atoms with E-state index in [1.165, 1.54) is 54.9 Å². The maximum absolute atomic E-state index is 8.73. The number of imidazole rings is 1. The number of fused-ring (bicyclic) bond motifs is 1. The van der Waals surface area contributed by atoms with E-state index in [1.54, 1.807) is 0 Å². The highest BCUT2D eigenvalue weighted by molar-refractivity contribution is 5.44. The maximum atomic E-state index is 8.73. The molecule has 1 unspecified atom stereocenters. The van der Waals surface area contributed by atoms with E-state index in [-0.39, 0.29) is 0 Å². The summed E-state index contributed by atoms with van der Waals surface area (Å²) >= 11 is 0. The summed E-state index contributed by atoms with van der Waals surface area (Å²) in [7, 11) is 0. The van der Waals surface area contributed by atoms with E-state index in [1.807, 2.05) is 13.0 Å². The first-order valence-corrected chi connectivity index (χ1v) is 8.93. The van der Waals surface area contributed by atoms with Crippen LogP contribution in [0.25, 0.3) is 11.9 Å². The summed E-state index contributed by atoms with van der Waals surface area (Å²) in [5, 5.41) is 0. The Bertz CT molecular complexity index is 807. The number of hydrogen-bond donors (Lipinski definition) is 0. The molecule has 2 nitrogen and oxygen atoms in total. The van der Waals surface area contributed by atoms with E-state index in [0.29, 0.717) is 5.92 Å². The van der Waals surface area contributed by atoms with Crippen molar-refractivity contribution in [3.05, 3.63) is 53.1 Å². The third kappa shape index (κ3) is 2.27. The zero-order chi connectivity index (χ0) is 16.9. The van der Waals surface area contributed by atoms with Crippen molar-refractivity contribution in [2.24, 2.45) is 0 Å². The molecular formula is C21H27N2+. The number of hydrogen-bond acceptors (Lipinski definition) is 0. The molecule has 1 atom stereocenters. The van der Waals surface area contributed by atoms with Gasteiger partial charge in [0.1, 0.15) is 11.4 Å². The average Bonchev–Trinajstić information content (AvgIpc) is 3.04. The van der Waals surface area contributed by atoms with Crippen LogP contribution < -0.4 is 4.57 Å². The Labute approximate surface area is 140 Å². The predicted molar refractivity (Wildman–Crippen MR) is 95.0 cm³/mol. The van der Waals surface area contributed by atoms with Gasteiger partial charge in [-0.2, -0.15) is 4.57 Å². The Morgan fingerprint density at radius 1 is 1.13 bits per heavy atom. The summed E-state index contributed by atoms with van der Waals surface area (Å²) in [6.45, 7) is 6.37. The van der Waals surface area contributed by atoms with Gasteiger partial charge in [0.25, 0.3) is 5.82 Å². The number of para-hydroxylation sites is 1. The largest absolute Gasteiger partial charge is 0.269 e. The molecule has 1 aliphatic heterocycles. The molecule has 23 heavy (non-hydrogen) atoms. The number of aryl methyl sites for hydroxylation is 1. The van der Waals surface area contributed by atoms with Crippen molar-refractivity contribution in [3.63, 3.8) is 0 Å². The highest BCUT2D eigenvalue weighted by Gasteiger charge is 2.38. The summed E-state index contributed by atoms with van der Waals surface area (Å²) in [5.74, 6) is 1.33. The molecule has 1 fully saturated rings. The highest BCUT2D eigenvalue weighted by atomic mass is 15.2. The highest BCUT2D eigenvalue weighted by Crippen LogP contribution is 2.37. The fraction of sp³-hybridized carbons (Fsp3) is 0.476. The van der Waals surface area contributed by atoms with Crippen molar-refractivity contribution in [2.45, 2.75) is 64.7 Å². The van der Waals surface area contributed by atoms with E-state index in [2.05, 4.69) is 53.4 Å². The lowest BCUT2D eigenvalue weighted by Gasteiger charge is -2.20. The number of nitrogens with zero attached hydrogens (tertiary/aromatic N) is 2. The predicted octanol–water partition coefficient (Wildman–Crippen LogP) is 5.02. The molecule has 1 saturated carbocycles. The van der Waals surface area contributed by atoms with Gasteiger partial charge >= 0.3 is 0 Å². The molecule has 2 heteroatoms. The smallest absolute Gasteiger partial charge is 0.203 e. The van der Waals surface area contributed by atoms with Crippen molar-refractivity contribution in [3.8, 4) is 5.69 Å². The summed E-state index contributed by atoms with van der Waals surface area (Å²) in [4.78, 5) is 0. The van der Waals surface area contributed by atoms with E-state index < -0.39 is 5.89 Å². The van der Waals surface area contributed by atoms with Gasteiger partial charge in [0.15, 0.2) is 5.69 Å². The lowest BCUT2D eigenvalue weighted by atomic mass is 9.88. The molecule has 0 saturated heterocycles. The third-order valence-corrected chi connectivity index (χ3v) is 5.57. The molecule has 2 heterocycles. The van der Waals surface area contributed by atoms with Crippen LogP contribution in [0.2, 0.25) is 0 Å². The lowest BCUT2D eigenvalue weighted by Crippen LogP contribution is -2.40. The van der Waals surface area contributed by atoms with Crippen LogP contribution in [-0.4, -0.2) is 4.57 Å². The van der Waals surface area contributed by atoms with Crippen LogP contribution in [-0.2, 0) is 0 Å². The van der Waals surface area contributed by atoms with Gasteiger partial charge in [-0.25, -0.2) is 4.57 Å². The van der Waals surface area contributed by atoms with Gasteiger partial charge in [0, 0.05) is 14.2 Å². The van der Waals surface area contributed by atoms with E-state index >= 15 is 0 Å². The first-order valence-electron chi connectivity index (χ1n) is 9.43. The van der Waals surface area contributed by atoms with Crippen LogP contribution in [0.15, 0.2) is 30.3 Å². The molecule has 120 valence electrons. The zero-order valence-corrected chi connectivity index (χ0v) is 14.5. The Balaban J connectivity index is 1.99. The van der Waals surface area contributed by atoms with Crippen molar-refractivity contribution in [1.29, 1.82) is 0 Å². The van der Waals surface area contributed by atoms with Crippen molar-refractivity contribution < 1.29 is 5.94 Å². The maximum Gasteiger partial charge on any atom is 0.269 e. The summed E-state index contributed by atoms with van der Waals surface area (Å²) in [6, 6.07) is 8.63. The second-order valence-electron chi connectivity index (χ2n) is 7.12. The van der Waals surface area contributed by atoms with Crippen LogP contribution >= 0.6 is 0 Å². The minimum Gasteiger partial charge on any atom is -0.203 e. The summed E-state index contributed by atoms with van der Waals surface area (Å²) in [6.07, 6.45) is 10.7. The quantitative estimate of drug-likeness (QED) is 0.689. The van der Waals surface area contributed by atoms with E-state index in [0.717, 1.165) is 5.69 Å². The lowest BCUT2D eigenvalue weighted by molar-refractivity contribution is -0.612. The Kier molecular flexibility index (Phi) is 3.35. The number of benzene rings is 1. The first-order chi connectivity index (χ1) is 11.5. The molecule has 0 amide bonds. The molecule has 2 aliphatic rings. The normalized spacial score (nSPS) is 24.7. The molecule has 0 spiro atoms. The SMILES string of the molecule is [2H]C1(C)C=Cn2c1c(C)[n+](-c1ccccc1C)c2C1CCCCC1. The van der Waals surface area contributed by atoms with Gasteiger partial charge in [-0.05, 0) is 37.5 Å². The Morgan fingerprint density at radius 3 is 2.61 bits per heavy atom. The van der Waals surface area contributed by atoms with E-state index in [9.17, 15) is 0 Å². The molecule has 4 rings (SSSR count). The third-order valence-electron chi connectivity index (χ3n) is 5.57. The molecule has 1 aromatic heterocycles. The van der Waals surface area contributed by atoms with Gasteiger partial charge in [-0.1, -0.05) is 44.4 Å². The van der Waals surface area contributed by atoms with Crippen LogP contribution in [0, 0.1) is 13.8 Å². The standard InChI is InChI=1S/C21H27N2/c1-15-9-7-8-12-19(15)23-17(3)20-16(2)13-14-22(20)21(23)18-10-5-4-6-11-18/h7-9,12-14,16,18H,4-6,10-11H2,1-3H3/q+1/i16D. The first kappa shape index (κ1) is 13.6. The Morgan fingerprint density at radius 2 is 1.87 bits per heavy atom. The summed E-state index contributed by atoms with van der Waals surface area (Å²) in [5.41, 5.74) is 4.91. The average molecular weight is 308 g/mol. The van der Waals surface area contributed by atoms with Gasteiger partial charge in [0.05, 0.1) is 12.1 Å². The molecule has 0 radical (unpaired) electrons. The second-order valence-corrected chi connectivity index (χ2v) is 7.12. The molecule has 0 bridgehead atoms. The summed E-state index contributed by atoms with van der Waals surface area (Å²) < 4.78 is 13.5. The van der Waals surface area contributed by atoms with Crippen molar-refractivity contribution in [2.75, 3.05) is 0 Å². The van der Waals surface area contributed by atoms with Crippen molar-refractivity contribution >= 4 is 6.20 Å². The van der Waals surface area contributed by atoms with Crippen LogP contribution in [0.3, 0.4) is 0 Å². The fourth-order valence-corrected chi connectivity index (χ4v) is 4.42. The van der Waals surface area contributed by atoms with Gasteiger partial charge < -0.3 is 0 Å².